The Morgan fingerprint density at radius 3 is 2.18 bits per heavy atom. The van der Waals surface area contributed by atoms with Crippen molar-refractivity contribution in [1.82, 2.24) is 0 Å². The lowest BCUT2D eigenvalue weighted by molar-refractivity contribution is 0.0289. The Hall–Kier alpha value is -1.83. The average Bonchev–Trinajstić information content (AvgIpc) is 2.75. The molecule has 5 rings (SSSR count). The van der Waals surface area contributed by atoms with Gasteiger partial charge in [-0.1, -0.05) is 56.5 Å². The van der Waals surface area contributed by atoms with Gasteiger partial charge in [-0.15, -0.1) is 0 Å². The van der Waals surface area contributed by atoms with Gasteiger partial charge in [-0.2, -0.15) is 0 Å². The molecule has 2 aromatic rings. The molecule has 150 valence electrons. The number of rotatable bonds is 7. The molecule has 0 N–H and O–H groups in total. The lowest BCUT2D eigenvalue weighted by Crippen LogP contribution is -2.44. The van der Waals surface area contributed by atoms with Crippen molar-refractivity contribution in [3.8, 4) is 16.9 Å². The number of ether oxygens (including phenoxy) is 1. The fourth-order valence-electron chi connectivity index (χ4n) is 5.73. The van der Waals surface area contributed by atoms with Crippen molar-refractivity contribution in [2.75, 3.05) is 7.11 Å². The highest BCUT2D eigenvalue weighted by molar-refractivity contribution is 5.66. The van der Waals surface area contributed by atoms with Crippen molar-refractivity contribution in [3.05, 3.63) is 53.8 Å². The number of hydrogen-bond donors (Lipinski definition) is 0. The summed E-state index contributed by atoms with van der Waals surface area (Å²) in [5.41, 5.74) is 3.22. The molecule has 3 saturated carbocycles. The zero-order valence-corrected chi connectivity index (χ0v) is 17.4. The third kappa shape index (κ3) is 3.47. The molecule has 0 radical (unpaired) electrons. The largest absolute Gasteiger partial charge is 0.497 e. The standard InChI is InChI=1S/C26H33FO/c1-3-4-5-13-25-14-17-26(18-15-25,19-16-25)23-8-6-7-22(24(23)27)20-9-11-21(28-2)12-10-20/h6-12H,3-5,13-19H2,1-2H3. The van der Waals surface area contributed by atoms with Crippen LogP contribution < -0.4 is 4.74 Å². The van der Waals surface area contributed by atoms with Crippen molar-refractivity contribution in [2.45, 2.75) is 76.5 Å². The van der Waals surface area contributed by atoms with Gasteiger partial charge in [0, 0.05) is 5.56 Å². The van der Waals surface area contributed by atoms with Crippen LogP contribution in [0.2, 0.25) is 0 Å². The average molecular weight is 381 g/mol. The number of hydrogen-bond acceptors (Lipinski definition) is 1. The van der Waals surface area contributed by atoms with Crippen LogP contribution in [-0.2, 0) is 5.41 Å². The SMILES string of the molecule is CCCCCC12CCC(c3cccc(-c4ccc(OC)cc4)c3F)(CC1)CC2. The molecule has 0 atom stereocenters. The topological polar surface area (TPSA) is 9.23 Å². The van der Waals surface area contributed by atoms with Gasteiger partial charge in [-0.25, -0.2) is 4.39 Å². The minimum absolute atomic E-state index is 0.00644. The molecule has 28 heavy (non-hydrogen) atoms. The van der Waals surface area contributed by atoms with Crippen molar-refractivity contribution in [2.24, 2.45) is 5.41 Å². The molecular weight excluding hydrogens is 347 g/mol. The molecule has 2 aromatic carbocycles. The fourth-order valence-corrected chi connectivity index (χ4v) is 5.73. The summed E-state index contributed by atoms with van der Waals surface area (Å²) in [6.07, 6.45) is 12.7. The summed E-state index contributed by atoms with van der Waals surface area (Å²) >= 11 is 0. The van der Waals surface area contributed by atoms with E-state index in [0.29, 0.717) is 5.41 Å². The molecule has 0 aliphatic heterocycles. The predicted octanol–water partition coefficient (Wildman–Crippen LogP) is 7.67. The molecular formula is C26H33FO. The summed E-state index contributed by atoms with van der Waals surface area (Å²) < 4.78 is 20.9. The normalized spacial score (nSPS) is 26.4. The number of methoxy groups -OCH3 is 1. The van der Waals surface area contributed by atoms with E-state index in [9.17, 15) is 0 Å². The molecule has 3 fully saturated rings. The van der Waals surface area contributed by atoms with Gasteiger partial charge in [0.15, 0.2) is 0 Å². The van der Waals surface area contributed by atoms with Crippen molar-refractivity contribution in [3.63, 3.8) is 0 Å². The van der Waals surface area contributed by atoms with Gasteiger partial charge in [-0.05, 0) is 79.0 Å². The van der Waals surface area contributed by atoms with Crippen LogP contribution in [0.15, 0.2) is 42.5 Å². The smallest absolute Gasteiger partial charge is 0.134 e. The maximum atomic E-state index is 15.7. The van der Waals surface area contributed by atoms with Crippen molar-refractivity contribution < 1.29 is 9.13 Å². The van der Waals surface area contributed by atoms with E-state index in [-0.39, 0.29) is 11.2 Å². The zero-order chi connectivity index (χ0) is 19.6. The van der Waals surface area contributed by atoms with Crippen LogP contribution in [0.3, 0.4) is 0 Å². The fraction of sp³-hybridized carbons (Fsp3) is 0.538. The second kappa shape index (κ2) is 7.89. The van der Waals surface area contributed by atoms with Crippen LogP contribution in [0.25, 0.3) is 11.1 Å². The first-order valence-corrected chi connectivity index (χ1v) is 11.0. The van der Waals surface area contributed by atoms with Crippen LogP contribution in [0.5, 0.6) is 5.75 Å². The van der Waals surface area contributed by atoms with Crippen LogP contribution in [0, 0.1) is 11.2 Å². The minimum Gasteiger partial charge on any atom is -0.497 e. The number of fused-ring (bicyclic) bond motifs is 3. The molecule has 0 heterocycles. The van der Waals surface area contributed by atoms with E-state index in [1.165, 1.54) is 44.9 Å². The van der Waals surface area contributed by atoms with Gasteiger partial charge in [0.25, 0.3) is 0 Å². The van der Waals surface area contributed by atoms with Gasteiger partial charge in [0.05, 0.1) is 7.11 Å². The number of unbranched alkanes of at least 4 members (excludes halogenated alkanes) is 2. The van der Waals surface area contributed by atoms with Crippen LogP contribution in [-0.4, -0.2) is 7.11 Å². The molecule has 1 nitrogen and oxygen atoms in total. The van der Waals surface area contributed by atoms with Crippen LogP contribution in [0.1, 0.15) is 76.7 Å². The van der Waals surface area contributed by atoms with E-state index < -0.39 is 0 Å². The highest BCUT2D eigenvalue weighted by Gasteiger charge is 2.49. The Morgan fingerprint density at radius 1 is 0.893 bits per heavy atom. The molecule has 0 aromatic heterocycles. The maximum absolute atomic E-state index is 15.7. The van der Waals surface area contributed by atoms with E-state index in [1.807, 2.05) is 36.4 Å². The first-order valence-electron chi connectivity index (χ1n) is 11.0. The molecule has 0 amide bonds. The number of halogens is 1. The second-order valence-corrected chi connectivity index (χ2v) is 9.13. The Labute approximate surface area is 169 Å². The van der Waals surface area contributed by atoms with E-state index in [0.717, 1.165) is 41.7 Å². The summed E-state index contributed by atoms with van der Waals surface area (Å²) in [6, 6.07) is 13.7. The first-order chi connectivity index (χ1) is 13.6. The Balaban J connectivity index is 1.57. The van der Waals surface area contributed by atoms with E-state index in [1.54, 1.807) is 7.11 Å². The number of benzene rings is 2. The maximum Gasteiger partial charge on any atom is 0.134 e. The molecule has 0 spiro atoms. The molecule has 0 saturated heterocycles. The molecule has 0 unspecified atom stereocenters. The van der Waals surface area contributed by atoms with E-state index in [4.69, 9.17) is 4.74 Å². The van der Waals surface area contributed by atoms with Crippen LogP contribution >= 0.6 is 0 Å². The van der Waals surface area contributed by atoms with Crippen molar-refractivity contribution in [1.29, 1.82) is 0 Å². The third-order valence-corrected chi connectivity index (χ3v) is 7.68. The lowest BCUT2D eigenvalue weighted by Gasteiger charge is -2.54. The summed E-state index contributed by atoms with van der Waals surface area (Å²) in [6.45, 7) is 2.28. The highest BCUT2D eigenvalue weighted by Crippen LogP contribution is 2.60. The molecule has 2 bridgehead atoms. The summed E-state index contributed by atoms with van der Waals surface area (Å²) in [5, 5.41) is 0. The van der Waals surface area contributed by atoms with Crippen LogP contribution in [0.4, 0.5) is 4.39 Å². The predicted molar refractivity (Wildman–Crippen MR) is 114 cm³/mol. The molecule has 2 heteroatoms. The minimum atomic E-state index is -0.00644. The Bertz CT molecular complexity index is 783. The molecule has 3 aliphatic carbocycles. The summed E-state index contributed by atoms with van der Waals surface area (Å²) in [5.74, 6) is 0.797. The second-order valence-electron chi connectivity index (χ2n) is 9.13. The van der Waals surface area contributed by atoms with E-state index >= 15 is 4.39 Å². The van der Waals surface area contributed by atoms with Gasteiger partial charge in [-0.3, -0.25) is 0 Å². The Kier molecular flexibility index (Phi) is 5.49. The highest BCUT2D eigenvalue weighted by atomic mass is 19.1. The first kappa shape index (κ1) is 19.5. The van der Waals surface area contributed by atoms with Gasteiger partial charge < -0.3 is 4.74 Å². The van der Waals surface area contributed by atoms with E-state index in [2.05, 4.69) is 13.0 Å². The summed E-state index contributed by atoms with van der Waals surface area (Å²) in [4.78, 5) is 0. The zero-order valence-electron chi connectivity index (χ0n) is 17.4. The quantitative estimate of drug-likeness (QED) is 0.448. The van der Waals surface area contributed by atoms with Crippen molar-refractivity contribution >= 4 is 0 Å². The Morgan fingerprint density at radius 2 is 1.57 bits per heavy atom. The van der Waals surface area contributed by atoms with Gasteiger partial charge in [0.2, 0.25) is 0 Å². The molecule has 3 aliphatic rings. The summed E-state index contributed by atoms with van der Waals surface area (Å²) in [7, 11) is 1.66. The lowest BCUT2D eigenvalue weighted by atomic mass is 9.50. The third-order valence-electron chi connectivity index (χ3n) is 7.68. The van der Waals surface area contributed by atoms with Gasteiger partial charge >= 0.3 is 0 Å². The monoisotopic (exact) mass is 380 g/mol. The van der Waals surface area contributed by atoms with Gasteiger partial charge in [0.1, 0.15) is 11.6 Å².